The summed E-state index contributed by atoms with van der Waals surface area (Å²) in [6, 6.07) is 5.68. The summed E-state index contributed by atoms with van der Waals surface area (Å²) in [7, 11) is 0. The molecule has 16 heavy (non-hydrogen) atoms. The van der Waals surface area contributed by atoms with Crippen molar-refractivity contribution in [3.05, 3.63) is 29.1 Å². The van der Waals surface area contributed by atoms with Crippen molar-refractivity contribution in [2.75, 3.05) is 0 Å². The minimum absolute atomic E-state index is 0.184. The lowest BCUT2D eigenvalue weighted by molar-refractivity contribution is 0.449. The van der Waals surface area contributed by atoms with Gasteiger partial charge in [0.2, 0.25) is 0 Å². The van der Waals surface area contributed by atoms with Crippen molar-refractivity contribution in [1.29, 1.82) is 0 Å². The highest BCUT2D eigenvalue weighted by Crippen LogP contribution is 2.34. The van der Waals surface area contributed by atoms with Crippen LogP contribution < -0.4 is 5.73 Å². The van der Waals surface area contributed by atoms with Gasteiger partial charge in [-0.05, 0) is 31.0 Å². The number of nitrogens with two attached hydrogens (primary N) is 1. The van der Waals surface area contributed by atoms with Gasteiger partial charge in [0, 0.05) is 11.1 Å². The van der Waals surface area contributed by atoms with Crippen LogP contribution in [0.1, 0.15) is 31.1 Å². The van der Waals surface area contributed by atoms with Gasteiger partial charge in [-0.3, -0.25) is 0 Å². The largest absolute Gasteiger partial charge is 0.440 e. The second kappa shape index (κ2) is 3.75. The van der Waals surface area contributed by atoms with Crippen LogP contribution in [0.4, 0.5) is 0 Å². The topological polar surface area (TPSA) is 52.0 Å². The average Bonchev–Trinajstić information content (AvgIpc) is 2.82. The van der Waals surface area contributed by atoms with Gasteiger partial charge in [-0.1, -0.05) is 18.0 Å². The summed E-state index contributed by atoms with van der Waals surface area (Å²) in [4.78, 5) is 4.47. The maximum absolute atomic E-state index is 6.04. The van der Waals surface area contributed by atoms with Crippen LogP contribution in [-0.2, 0) is 0 Å². The first kappa shape index (κ1) is 10.1. The molecule has 1 heterocycles. The first-order chi connectivity index (χ1) is 7.74. The van der Waals surface area contributed by atoms with E-state index in [0.29, 0.717) is 5.02 Å². The molecule has 0 bridgehead atoms. The van der Waals surface area contributed by atoms with Gasteiger partial charge in [0.05, 0.1) is 5.92 Å². The minimum atomic E-state index is 0.184. The van der Waals surface area contributed by atoms with Crippen molar-refractivity contribution >= 4 is 22.7 Å². The lowest BCUT2D eigenvalue weighted by Crippen LogP contribution is -2.22. The Bertz CT molecular complexity index is 523. The molecule has 2 unspecified atom stereocenters. The third kappa shape index (κ3) is 1.60. The number of halogens is 1. The molecule has 3 nitrogen and oxygen atoms in total. The molecule has 1 fully saturated rings. The minimum Gasteiger partial charge on any atom is -0.440 e. The van der Waals surface area contributed by atoms with E-state index in [1.807, 2.05) is 18.2 Å². The fourth-order valence-corrected chi connectivity index (χ4v) is 2.54. The molecule has 3 rings (SSSR count). The Morgan fingerprint density at radius 1 is 1.38 bits per heavy atom. The highest BCUT2D eigenvalue weighted by atomic mass is 35.5. The summed E-state index contributed by atoms with van der Waals surface area (Å²) in [6.45, 7) is 0. The zero-order valence-electron chi connectivity index (χ0n) is 8.82. The number of hydrogen-bond donors (Lipinski definition) is 1. The number of hydrogen-bond acceptors (Lipinski definition) is 3. The third-order valence-corrected chi connectivity index (χ3v) is 3.49. The first-order valence-electron chi connectivity index (χ1n) is 5.55. The Morgan fingerprint density at radius 2 is 2.25 bits per heavy atom. The maximum Gasteiger partial charge on any atom is 0.200 e. The second-order valence-corrected chi connectivity index (χ2v) is 4.80. The highest BCUT2D eigenvalue weighted by molar-refractivity contribution is 6.31. The molecule has 1 aromatic carbocycles. The van der Waals surface area contributed by atoms with E-state index in [0.717, 1.165) is 36.3 Å². The van der Waals surface area contributed by atoms with E-state index in [9.17, 15) is 0 Å². The summed E-state index contributed by atoms with van der Waals surface area (Å²) in [5, 5.41) is 0.683. The molecule has 1 aliphatic carbocycles. The van der Waals surface area contributed by atoms with Gasteiger partial charge in [-0.15, -0.1) is 0 Å². The number of benzene rings is 1. The molecule has 2 aromatic rings. The van der Waals surface area contributed by atoms with Gasteiger partial charge in [0.15, 0.2) is 11.5 Å². The molecule has 0 saturated heterocycles. The lowest BCUT2D eigenvalue weighted by atomic mass is 10.1. The van der Waals surface area contributed by atoms with Gasteiger partial charge in [0.1, 0.15) is 5.52 Å². The van der Waals surface area contributed by atoms with E-state index in [4.69, 9.17) is 21.8 Å². The molecule has 2 atom stereocenters. The molecular weight excluding hydrogens is 224 g/mol. The quantitative estimate of drug-likeness (QED) is 0.828. The summed E-state index contributed by atoms with van der Waals surface area (Å²) in [5.41, 5.74) is 7.65. The SMILES string of the molecule is NC1CCCC1c1nc2cc(Cl)ccc2o1. The molecule has 4 heteroatoms. The summed E-state index contributed by atoms with van der Waals surface area (Å²) in [6.07, 6.45) is 3.29. The van der Waals surface area contributed by atoms with Gasteiger partial charge >= 0.3 is 0 Å². The molecule has 1 saturated carbocycles. The lowest BCUT2D eigenvalue weighted by Gasteiger charge is -2.09. The van der Waals surface area contributed by atoms with Crippen LogP contribution >= 0.6 is 11.6 Å². The van der Waals surface area contributed by atoms with Crippen LogP contribution in [0.2, 0.25) is 5.02 Å². The second-order valence-electron chi connectivity index (χ2n) is 4.37. The van der Waals surface area contributed by atoms with E-state index in [1.165, 1.54) is 0 Å². The summed E-state index contributed by atoms with van der Waals surface area (Å²) < 4.78 is 5.73. The van der Waals surface area contributed by atoms with Crippen molar-refractivity contribution in [3.8, 4) is 0 Å². The van der Waals surface area contributed by atoms with Gasteiger partial charge in [-0.2, -0.15) is 0 Å². The molecular formula is C12H13ClN2O. The monoisotopic (exact) mass is 236 g/mol. The number of oxazole rings is 1. The fourth-order valence-electron chi connectivity index (χ4n) is 2.37. The number of fused-ring (bicyclic) bond motifs is 1. The Labute approximate surface area is 98.6 Å². The number of nitrogens with zero attached hydrogens (tertiary/aromatic N) is 1. The molecule has 0 aliphatic heterocycles. The highest BCUT2D eigenvalue weighted by Gasteiger charge is 2.29. The molecule has 1 aromatic heterocycles. The van der Waals surface area contributed by atoms with Crippen molar-refractivity contribution in [3.63, 3.8) is 0 Å². The Hall–Kier alpha value is -1.06. The molecule has 84 valence electrons. The van der Waals surface area contributed by atoms with Crippen LogP contribution in [0, 0.1) is 0 Å². The van der Waals surface area contributed by atoms with Crippen LogP contribution in [0.5, 0.6) is 0 Å². The predicted molar refractivity (Wildman–Crippen MR) is 63.6 cm³/mol. The van der Waals surface area contributed by atoms with Crippen molar-refractivity contribution < 1.29 is 4.42 Å². The van der Waals surface area contributed by atoms with Crippen LogP contribution in [0.25, 0.3) is 11.1 Å². The van der Waals surface area contributed by atoms with Crippen molar-refractivity contribution in [2.45, 2.75) is 31.2 Å². The molecule has 2 N–H and O–H groups in total. The average molecular weight is 237 g/mol. The standard InChI is InChI=1S/C12H13ClN2O/c13-7-4-5-11-10(6-7)15-12(16-11)8-2-1-3-9(8)14/h4-6,8-9H,1-3,14H2. The number of aromatic nitrogens is 1. The Morgan fingerprint density at radius 3 is 3.00 bits per heavy atom. The van der Waals surface area contributed by atoms with E-state index < -0.39 is 0 Å². The molecule has 0 amide bonds. The first-order valence-corrected chi connectivity index (χ1v) is 5.93. The summed E-state index contributed by atoms with van der Waals surface area (Å²) >= 11 is 5.91. The van der Waals surface area contributed by atoms with E-state index >= 15 is 0 Å². The van der Waals surface area contributed by atoms with Crippen LogP contribution in [-0.4, -0.2) is 11.0 Å². The van der Waals surface area contributed by atoms with Gasteiger partial charge in [0.25, 0.3) is 0 Å². The zero-order chi connectivity index (χ0) is 11.1. The predicted octanol–water partition coefficient (Wildman–Crippen LogP) is 3.08. The van der Waals surface area contributed by atoms with Crippen LogP contribution in [0.15, 0.2) is 22.6 Å². The Balaban J connectivity index is 2.04. The van der Waals surface area contributed by atoms with E-state index in [-0.39, 0.29) is 12.0 Å². The molecule has 0 radical (unpaired) electrons. The van der Waals surface area contributed by atoms with Crippen molar-refractivity contribution in [1.82, 2.24) is 4.98 Å². The fraction of sp³-hybridized carbons (Fsp3) is 0.417. The summed E-state index contributed by atoms with van der Waals surface area (Å²) in [5.74, 6) is 1.04. The van der Waals surface area contributed by atoms with Crippen molar-refractivity contribution in [2.24, 2.45) is 5.73 Å². The molecule has 1 aliphatic rings. The third-order valence-electron chi connectivity index (χ3n) is 3.25. The molecule has 0 spiro atoms. The normalized spacial score (nSPS) is 25.4. The zero-order valence-corrected chi connectivity index (χ0v) is 9.57. The smallest absolute Gasteiger partial charge is 0.200 e. The van der Waals surface area contributed by atoms with Crippen LogP contribution in [0.3, 0.4) is 0 Å². The van der Waals surface area contributed by atoms with Gasteiger partial charge in [-0.25, -0.2) is 4.98 Å². The Kier molecular flexibility index (Phi) is 2.37. The maximum atomic E-state index is 6.04. The van der Waals surface area contributed by atoms with Gasteiger partial charge < -0.3 is 10.2 Å². The van der Waals surface area contributed by atoms with E-state index in [2.05, 4.69) is 4.98 Å². The number of rotatable bonds is 1. The van der Waals surface area contributed by atoms with E-state index in [1.54, 1.807) is 0 Å².